The summed E-state index contributed by atoms with van der Waals surface area (Å²) in [6.45, 7) is 4.95. The fourth-order valence-electron chi connectivity index (χ4n) is 2.11. The summed E-state index contributed by atoms with van der Waals surface area (Å²) in [5.74, 6) is 1.69. The van der Waals surface area contributed by atoms with Crippen molar-refractivity contribution in [1.29, 1.82) is 5.26 Å². The fourth-order valence-corrected chi connectivity index (χ4v) is 2.11. The highest BCUT2D eigenvalue weighted by atomic mass is 15.1. The van der Waals surface area contributed by atoms with Gasteiger partial charge in [-0.1, -0.05) is 19.1 Å². The van der Waals surface area contributed by atoms with Crippen molar-refractivity contribution in [1.82, 2.24) is 9.97 Å². The molecule has 2 N–H and O–H groups in total. The molecular weight excluding hydrogens is 262 g/mol. The van der Waals surface area contributed by atoms with Gasteiger partial charge < -0.3 is 10.6 Å². The number of hydrogen-bond donors (Lipinski definition) is 2. The predicted molar refractivity (Wildman–Crippen MR) is 84.6 cm³/mol. The first-order chi connectivity index (χ1) is 10.3. The van der Waals surface area contributed by atoms with E-state index in [4.69, 9.17) is 5.26 Å². The highest BCUT2D eigenvalue weighted by Crippen LogP contribution is 2.24. The molecule has 1 heterocycles. The van der Waals surface area contributed by atoms with Gasteiger partial charge in [0.1, 0.15) is 18.0 Å². The molecule has 0 fully saturated rings. The van der Waals surface area contributed by atoms with Crippen molar-refractivity contribution < 1.29 is 0 Å². The minimum Gasteiger partial charge on any atom is -0.370 e. The van der Waals surface area contributed by atoms with Crippen LogP contribution in [0.25, 0.3) is 0 Å². The highest BCUT2D eigenvalue weighted by molar-refractivity contribution is 5.65. The zero-order chi connectivity index (χ0) is 15.1. The summed E-state index contributed by atoms with van der Waals surface area (Å²) in [5, 5.41) is 15.3. The number of hydrogen-bond acceptors (Lipinski definition) is 5. The zero-order valence-electron chi connectivity index (χ0n) is 12.3. The van der Waals surface area contributed by atoms with Crippen LogP contribution in [0.1, 0.15) is 25.0 Å². The van der Waals surface area contributed by atoms with Crippen LogP contribution < -0.4 is 10.6 Å². The van der Waals surface area contributed by atoms with E-state index in [0.29, 0.717) is 6.42 Å². The molecule has 0 aliphatic heterocycles. The summed E-state index contributed by atoms with van der Waals surface area (Å²) in [7, 11) is 0. The first-order valence-corrected chi connectivity index (χ1v) is 7.09. The van der Waals surface area contributed by atoms with Crippen molar-refractivity contribution in [2.24, 2.45) is 0 Å². The van der Waals surface area contributed by atoms with Gasteiger partial charge in [0.05, 0.1) is 12.5 Å². The van der Waals surface area contributed by atoms with Gasteiger partial charge in [-0.2, -0.15) is 5.26 Å². The number of anilines is 3. The lowest BCUT2D eigenvalue weighted by Crippen LogP contribution is -2.07. The Balaban J connectivity index is 2.22. The third-order valence-corrected chi connectivity index (χ3v) is 3.14. The molecule has 0 amide bonds. The third kappa shape index (κ3) is 3.69. The Bertz CT molecular complexity index is 628. The van der Waals surface area contributed by atoms with Gasteiger partial charge in [0.15, 0.2) is 0 Å². The minimum absolute atomic E-state index is 0.429. The van der Waals surface area contributed by atoms with E-state index in [2.05, 4.69) is 33.6 Å². The van der Waals surface area contributed by atoms with E-state index >= 15 is 0 Å². The van der Waals surface area contributed by atoms with Gasteiger partial charge in [0.2, 0.25) is 0 Å². The maximum atomic E-state index is 8.68. The Morgan fingerprint density at radius 1 is 1.10 bits per heavy atom. The van der Waals surface area contributed by atoms with Crippen molar-refractivity contribution in [2.45, 2.75) is 26.7 Å². The fraction of sp³-hybridized carbons (Fsp3) is 0.312. The Hall–Kier alpha value is -2.61. The maximum absolute atomic E-state index is 8.68. The molecule has 108 valence electrons. The molecule has 0 saturated heterocycles. The quantitative estimate of drug-likeness (QED) is 0.850. The van der Waals surface area contributed by atoms with Crippen LogP contribution in [0.15, 0.2) is 30.6 Å². The lowest BCUT2D eigenvalue weighted by atomic mass is 10.1. The van der Waals surface area contributed by atoms with Crippen molar-refractivity contribution >= 4 is 17.3 Å². The van der Waals surface area contributed by atoms with Gasteiger partial charge in [0.25, 0.3) is 0 Å². The molecule has 0 aliphatic carbocycles. The zero-order valence-corrected chi connectivity index (χ0v) is 12.3. The van der Waals surface area contributed by atoms with Crippen LogP contribution in [0, 0.1) is 11.3 Å². The molecule has 0 aliphatic rings. The monoisotopic (exact) mass is 281 g/mol. The van der Waals surface area contributed by atoms with Crippen molar-refractivity contribution in [2.75, 3.05) is 17.2 Å². The molecule has 0 unspecified atom stereocenters. The third-order valence-electron chi connectivity index (χ3n) is 3.14. The topological polar surface area (TPSA) is 73.6 Å². The summed E-state index contributed by atoms with van der Waals surface area (Å²) in [6, 6.07) is 9.96. The average molecular weight is 281 g/mol. The predicted octanol–water partition coefficient (Wildman–Crippen LogP) is 3.28. The summed E-state index contributed by atoms with van der Waals surface area (Å²) in [4.78, 5) is 8.61. The van der Waals surface area contributed by atoms with Gasteiger partial charge in [-0.05, 0) is 31.0 Å². The molecule has 2 rings (SSSR count). The number of rotatable bonds is 6. The van der Waals surface area contributed by atoms with E-state index in [9.17, 15) is 0 Å². The standard InChI is InChI=1S/C16H19N5/c1-3-14-15(18-4-2)19-11-20-16(14)21-13-7-5-12(6-8-13)9-10-17/h5-8,11H,3-4,9H2,1-2H3,(H2,18,19,20,21). The summed E-state index contributed by atoms with van der Waals surface area (Å²) < 4.78 is 0. The van der Waals surface area contributed by atoms with Crippen LogP contribution in [0.4, 0.5) is 17.3 Å². The molecule has 0 saturated carbocycles. The van der Waals surface area contributed by atoms with Crippen molar-refractivity contribution in [3.05, 3.63) is 41.7 Å². The average Bonchev–Trinajstić information content (AvgIpc) is 2.50. The van der Waals surface area contributed by atoms with Gasteiger partial charge in [-0.25, -0.2) is 9.97 Å². The SMILES string of the molecule is CCNc1ncnc(Nc2ccc(CC#N)cc2)c1CC. The second-order valence-corrected chi connectivity index (χ2v) is 4.59. The summed E-state index contributed by atoms with van der Waals surface area (Å²) in [6.07, 6.45) is 2.83. The normalized spacial score (nSPS) is 9.95. The van der Waals surface area contributed by atoms with Crippen LogP contribution >= 0.6 is 0 Å². The van der Waals surface area contributed by atoms with E-state index in [-0.39, 0.29) is 0 Å². The van der Waals surface area contributed by atoms with E-state index in [0.717, 1.165) is 41.4 Å². The van der Waals surface area contributed by atoms with E-state index in [1.165, 1.54) is 0 Å². The summed E-state index contributed by atoms with van der Waals surface area (Å²) >= 11 is 0. The lowest BCUT2D eigenvalue weighted by molar-refractivity contribution is 1.03. The van der Waals surface area contributed by atoms with Crippen molar-refractivity contribution in [3.63, 3.8) is 0 Å². The molecule has 1 aromatic heterocycles. The Morgan fingerprint density at radius 2 is 1.81 bits per heavy atom. The molecule has 0 radical (unpaired) electrons. The van der Waals surface area contributed by atoms with E-state index in [1.807, 2.05) is 31.2 Å². The first kappa shape index (κ1) is 14.8. The number of benzene rings is 1. The van der Waals surface area contributed by atoms with Gasteiger partial charge in [-0.3, -0.25) is 0 Å². The van der Waals surface area contributed by atoms with Gasteiger partial charge in [-0.15, -0.1) is 0 Å². The minimum atomic E-state index is 0.429. The molecule has 5 heteroatoms. The van der Waals surface area contributed by atoms with Crippen LogP contribution in [0.2, 0.25) is 0 Å². The largest absolute Gasteiger partial charge is 0.370 e. The number of nitrogens with zero attached hydrogens (tertiary/aromatic N) is 3. The maximum Gasteiger partial charge on any atom is 0.139 e. The molecule has 5 nitrogen and oxygen atoms in total. The number of nitriles is 1. The van der Waals surface area contributed by atoms with Gasteiger partial charge >= 0.3 is 0 Å². The summed E-state index contributed by atoms with van der Waals surface area (Å²) in [5.41, 5.74) is 3.03. The number of nitrogens with one attached hydrogen (secondary N) is 2. The van der Waals surface area contributed by atoms with E-state index in [1.54, 1.807) is 6.33 Å². The van der Waals surface area contributed by atoms with Crippen LogP contribution in [-0.2, 0) is 12.8 Å². The Kier molecular flexibility index (Phi) is 5.10. The second-order valence-electron chi connectivity index (χ2n) is 4.59. The van der Waals surface area contributed by atoms with Crippen molar-refractivity contribution in [3.8, 4) is 6.07 Å². The Morgan fingerprint density at radius 3 is 2.43 bits per heavy atom. The van der Waals surface area contributed by atoms with Gasteiger partial charge in [0, 0.05) is 17.8 Å². The molecule has 0 bridgehead atoms. The van der Waals surface area contributed by atoms with E-state index < -0.39 is 0 Å². The molecule has 2 aromatic rings. The molecular formula is C16H19N5. The number of aromatic nitrogens is 2. The molecule has 0 spiro atoms. The smallest absolute Gasteiger partial charge is 0.139 e. The molecule has 21 heavy (non-hydrogen) atoms. The van der Waals surface area contributed by atoms with Crippen LogP contribution in [0.5, 0.6) is 0 Å². The lowest BCUT2D eigenvalue weighted by Gasteiger charge is -2.13. The molecule has 1 aromatic carbocycles. The second kappa shape index (κ2) is 7.25. The van der Waals surface area contributed by atoms with Crippen LogP contribution in [0.3, 0.4) is 0 Å². The highest BCUT2D eigenvalue weighted by Gasteiger charge is 2.09. The Labute approximate surface area is 125 Å². The van der Waals surface area contributed by atoms with Crippen LogP contribution in [-0.4, -0.2) is 16.5 Å². The molecule has 0 atom stereocenters. The first-order valence-electron chi connectivity index (χ1n) is 7.09.